The Morgan fingerprint density at radius 2 is 1.80 bits per heavy atom. The second-order valence-electron chi connectivity index (χ2n) is 4.20. The Morgan fingerprint density at radius 1 is 1.30 bits per heavy atom. The van der Waals surface area contributed by atoms with Crippen LogP contribution in [0.1, 0.15) is 15.9 Å². The summed E-state index contributed by atoms with van der Waals surface area (Å²) in [4.78, 5) is 11.8. The van der Waals surface area contributed by atoms with E-state index in [0.29, 0.717) is 17.1 Å². The smallest absolute Gasteiger partial charge is 0.287 e. The van der Waals surface area contributed by atoms with Crippen LogP contribution in [0.4, 0.5) is 8.78 Å². The van der Waals surface area contributed by atoms with E-state index in [1.807, 2.05) is 0 Å². The minimum absolute atomic E-state index is 0.137. The van der Waals surface area contributed by atoms with Gasteiger partial charge < -0.3 is 19.9 Å². The number of amides is 1. The third-order valence-electron chi connectivity index (χ3n) is 2.75. The van der Waals surface area contributed by atoms with Crippen LogP contribution in [0.5, 0.6) is 11.5 Å². The van der Waals surface area contributed by atoms with Crippen molar-refractivity contribution in [3.63, 3.8) is 0 Å². The highest BCUT2D eigenvalue weighted by Crippen LogP contribution is 2.29. The van der Waals surface area contributed by atoms with E-state index in [0.717, 1.165) is 0 Å². The molecular weight excluding hydrogens is 272 g/mol. The molecule has 0 aliphatic heterocycles. The van der Waals surface area contributed by atoms with Gasteiger partial charge in [-0.3, -0.25) is 4.79 Å². The summed E-state index contributed by atoms with van der Waals surface area (Å²) >= 11 is 0. The Hall–Kier alpha value is -1.89. The van der Waals surface area contributed by atoms with Gasteiger partial charge in [0.25, 0.3) is 11.8 Å². The normalized spacial score (nSPS) is 11.1. The lowest BCUT2D eigenvalue weighted by Gasteiger charge is -2.15. The van der Waals surface area contributed by atoms with Crippen molar-refractivity contribution < 1.29 is 28.2 Å². The molecule has 20 heavy (non-hydrogen) atoms. The first-order valence-electron chi connectivity index (χ1n) is 5.84. The Morgan fingerprint density at radius 3 is 2.20 bits per heavy atom. The van der Waals surface area contributed by atoms with Gasteiger partial charge in [0.15, 0.2) is 0 Å². The van der Waals surface area contributed by atoms with Gasteiger partial charge in [0.2, 0.25) is 0 Å². The van der Waals surface area contributed by atoms with Crippen LogP contribution in [0.25, 0.3) is 0 Å². The molecule has 0 unspecified atom stereocenters. The summed E-state index contributed by atoms with van der Waals surface area (Å²) in [5.41, 5.74) is 0.838. The van der Waals surface area contributed by atoms with Crippen LogP contribution in [0.2, 0.25) is 0 Å². The van der Waals surface area contributed by atoms with Crippen LogP contribution in [0, 0.1) is 6.92 Å². The number of hydrogen-bond donors (Lipinski definition) is 2. The molecule has 0 radical (unpaired) electrons. The molecule has 2 N–H and O–H groups in total. The average molecular weight is 289 g/mol. The number of carbonyl (C=O) groups excluding carboxylic acids is 1. The second-order valence-corrected chi connectivity index (χ2v) is 4.20. The predicted octanol–water partition coefficient (Wildman–Crippen LogP) is 1.37. The van der Waals surface area contributed by atoms with Gasteiger partial charge in [0.1, 0.15) is 18.1 Å². The highest BCUT2D eigenvalue weighted by Gasteiger charge is 2.28. The molecule has 0 bridgehead atoms. The van der Waals surface area contributed by atoms with Crippen molar-refractivity contribution in [1.29, 1.82) is 0 Å². The predicted molar refractivity (Wildman–Crippen MR) is 68.6 cm³/mol. The van der Waals surface area contributed by atoms with E-state index in [9.17, 15) is 13.6 Å². The van der Waals surface area contributed by atoms with Gasteiger partial charge in [0, 0.05) is 11.1 Å². The zero-order valence-electron chi connectivity index (χ0n) is 11.5. The van der Waals surface area contributed by atoms with Crippen molar-refractivity contribution >= 4 is 5.91 Å². The maximum absolute atomic E-state index is 12.9. The van der Waals surface area contributed by atoms with E-state index in [-0.39, 0.29) is 5.56 Å². The molecule has 112 valence electrons. The highest BCUT2D eigenvalue weighted by atomic mass is 19.3. The van der Waals surface area contributed by atoms with Crippen LogP contribution in [-0.2, 0) is 0 Å². The third kappa shape index (κ3) is 3.80. The number of rotatable bonds is 6. The summed E-state index contributed by atoms with van der Waals surface area (Å²) in [6.07, 6.45) is 0. The molecule has 0 saturated carbocycles. The van der Waals surface area contributed by atoms with Crippen molar-refractivity contribution in [3.05, 3.63) is 23.3 Å². The molecule has 1 aromatic rings. The van der Waals surface area contributed by atoms with Crippen molar-refractivity contribution in [3.8, 4) is 11.5 Å². The quantitative estimate of drug-likeness (QED) is 0.830. The van der Waals surface area contributed by atoms with Crippen molar-refractivity contribution in [1.82, 2.24) is 5.32 Å². The Balaban J connectivity index is 2.93. The number of ether oxygens (including phenoxy) is 2. The van der Waals surface area contributed by atoms with Crippen molar-refractivity contribution in [2.24, 2.45) is 0 Å². The Labute approximate surface area is 115 Å². The first-order valence-corrected chi connectivity index (χ1v) is 5.84. The first kappa shape index (κ1) is 16.2. The molecule has 0 aromatic heterocycles. The maximum Gasteiger partial charge on any atom is 0.287 e. The molecule has 0 heterocycles. The standard InChI is InChI=1S/C13H17F2NO4/c1-8-10(19-2)4-9(5-11(8)20-3)12(18)16-6-13(14,15)7-17/h4-5,17H,6-7H2,1-3H3,(H,16,18). The molecule has 0 aliphatic carbocycles. The number of carbonyl (C=O) groups is 1. The number of halogens is 2. The van der Waals surface area contributed by atoms with Gasteiger partial charge in [-0.15, -0.1) is 0 Å². The molecule has 0 spiro atoms. The number of nitrogens with one attached hydrogen (secondary N) is 1. The number of alkyl halides is 2. The Bertz CT molecular complexity index is 466. The number of methoxy groups -OCH3 is 2. The van der Waals surface area contributed by atoms with Gasteiger partial charge >= 0.3 is 0 Å². The molecule has 0 aliphatic rings. The summed E-state index contributed by atoms with van der Waals surface area (Å²) in [6.45, 7) is -0.520. The monoisotopic (exact) mass is 289 g/mol. The lowest BCUT2D eigenvalue weighted by atomic mass is 10.1. The first-order chi connectivity index (χ1) is 9.34. The lowest BCUT2D eigenvalue weighted by molar-refractivity contribution is -0.0462. The minimum atomic E-state index is -3.35. The van der Waals surface area contributed by atoms with E-state index in [1.54, 1.807) is 6.92 Å². The van der Waals surface area contributed by atoms with Gasteiger partial charge in [0.05, 0.1) is 20.8 Å². The topological polar surface area (TPSA) is 67.8 Å². The van der Waals surface area contributed by atoms with E-state index in [2.05, 4.69) is 5.32 Å². The van der Waals surface area contributed by atoms with Crippen molar-refractivity contribution in [2.75, 3.05) is 27.4 Å². The number of aliphatic hydroxyl groups excluding tert-OH is 1. The zero-order valence-corrected chi connectivity index (χ0v) is 11.5. The van der Waals surface area contributed by atoms with E-state index in [1.165, 1.54) is 26.4 Å². The largest absolute Gasteiger partial charge is 0.496 e. The van der Waals surface area contributed by atoms with E-state index in [4.69, 9.17) is 14.6 Å². The maximum atomic E-state index is 12.9. The summed E-state index contributed by atoms with van der Waals surface area (Å²) in [7, 11) is 2.87. The van der Waals surface area contributed by atoms with Gasteiger partial charge in [-0.1, -0.05) is 0 Å². The molecule has 0 atom stereocenters. The summed E-state index contributed by atoms with van der Waals surface area (Å²) in [6, 6.07) is 2.87. The lowest BCUT2D eigenvalue weighted by Crippen LogP contribution is -2.39. The highest BCUT2D eigenvalue weighted by molar-refractivity contribution is 5.95. The summed E-state index contributed by atoms with van der Waals surface area (Å²) in [5, 5.41) is 10.5. The van der Waals surface area contributed by atoms with Crippen LogP contribution in [0.15, 0.2) is 12.1 Å². The number of benzene rings is 1. The summed E-state index contributed by atoms with van der Waals surface area (Å²) < 4.78 is 35.9. The van der Waals surface area contributed by atoms with Crippen LogP contribution in [-0.4, -0.2) is 44.3 Å². The van der Waals surface area contributed by atoms with Gasteiger partial charge in [-0.2, -0.15) is 0 Å². The van der Waals surface area contributed by atoms with Crippen LogP contribution < -0.4 is 14.8 Å². The number of hydrogen-bond acceptors (Lipinski definition) is 4. The zero-order chi connectivity index (χ0) is 15.3. The minimum Gasteiger partial charge on any atom is -0.496 e. The number of aliphatic hydroxyl groups is 1. The molecule has 1 aromatic carbocycles. The molecule has 0 saturated heterocycles. The fraction of sp³-hybridized carbons (Fsp3) is 0.462. The third-order valence-corrected chi connectivity index (χ3v) is 2.75. The van der Waals surface area contributed by atoms with Crippen LogP contribution >= 0.6 is 0 Å². The fourth-order valence-electron chi connectivity index (χ4n) is 1.58. The van der Waals surface area contributed by atoms with Gasteiger partial charge in [-0.05, 0) is 19.1 Å². The fourth-order valence-corrected chi connectivity index (χ4v) is 1.58. The molecule has 1 amide bonds. The Kier molecular flexibility index (Phi) is 5.26. The van der Waals surface area contributed by atoms with E-state index < -0.39 is 25.0 Å². The van der Waals surface area contributed by atoms with Crippen LogP contribution in [0.3, 0.4) is 0 Å². The molecule has 0 fully saturated rings. The molecule has 1 rings (SSSR count). The molecular formula is C13H17F2NO4. The second kappa shape index (κ2) is 6.51. The summed E-state index contributed by atoms with van der Waals surface area (Å²) in [5.74, 6) is -3.21. The molecule has 5 nitrogen and oxygen atoms in total. The molecule has 7 heteroatoms. The average Bonchev–Trinajstić information content (AvgIpc) is 2.45. The SMILES string of the molecule is COc1cc(C(=O)NCC(F)(F)CO)cc(OC)c1C. The van der Waals surface area contributed by atoms with E-state index >= 15 is 0 Å². The van der Waals surface area contributed by atoms with Gasteiger partial charge in [-0.25, -0.2) is 8.78 Å². The van der Waals surface area contributed by atoms with Crippen molar-refractivity contribution in [2.45, 2.75) is 12.8 Å².